The Morgan fingerprint density at radius 2 is 1.61 bits per heavy atom. The van der Waals surface area contributed by atoms with Crippen LogP contribution in [0, 0.1) is 5.82 Å². The highest BCUT2D eigenvalue weighted by Gasteiger charge is 2.33. The highest BCUT2D eigenvalue weighted by molar-refractivity contribution is 5.79. The second-order valence-electron chi connectivity index (χ2n) is 7.00. The molecule has 0 atom stereocenters. The van der Waals surface area contributed by atoms with E-state index >= 15 is 0 Å². The number of hydrogen-bond acceptors (Lipinski definition) is 2. The summed E-state index contributed by atoms with van der Waals surface area (Å²) in [6.07, 6.45) is 1.92. The summed E-state index contributed by atoms with van der Waals surface area (Å²) >= 11 is 0. The van der Waals surface area contributed by atoms with Crippen molar-refractivity contribution in [2.24, 2.45) is 0 Å². The number of ether oxygens (including phenoxy) is 1. The van der Waals surface area contributed by atoms with Gasteiger partial charge in [0.15, 0.2) is 6.61 Å². The van der Waals surface area contributed by atoms with Gasteiger partial charge >= 0.3 is 0 Å². The molecule has 0 radical (unpaired) electrons. The lowest BCUT2D eigenvalue weighted by Gasteiger charge is -2.23. The van der Waals surface area contributed by atoms with Crippen molar-refractivity contribution in [1.82, 2.24) is 4.90 Å². The minimum atomic E-state index is -0.281. The second kappa shape index (κ2) is 8.26. The lowest BCUT2D eigenvalue weighted by molar-refractivity contribution is -0.134. The smallest absolute Gasteiger partial charge is 0.261 e. The first-order valence-electron chi connectivity index (χ1n) is 9.52. The van der Waals surface area contributed by atoms with E-state index in [1.165, 1.54) is 6.07 Å². The summed E-state index contributed by atoms with van der Waals surface area (Å²) in [4.78, 5) is 14.6. The van der Waals surface area contributed by atoms with Crippen molar-refractivity contribution in [2.45, 2.75) is 25.4 Å². The topological polar surface area (TPSA) is 29.5 Å². The largest absolute Gasteiger partial charge is 0.483 e. The summed E-state index contributed by atoms with van der Waals surface area (Å²) in [5, 5.41) is 0. The number of rotatable bonds is 7. The van der Waals surface area contributed by atoms with Gasteiger partial charge in [-0.3, -0.25) is 4.79 Å². The van der Waals surface area contributed by atoms with Crippen molar-refractivity contribution < 1.29 is 13.9 Å². The summed E-state index contributed by atoms with van der Waals surface area (Å²) in [6, 6.07) is 24.4. The molecule has 142 valence electrons. The van der Waals surface area contributed by atoms with Crippen molar-refractivity contribution in [3.63, 3.8) is 0 Å². The Morgan fingerprint density at radius 1 is 0.929 bits per heavy atom. The Morgan fingerprint density at radius 3 is 2.36 bits per heavy atom. The fourth-order valence-electron chi connectivity index (χ4n) is 3.29. The number of halogens is 1. The molecule has 0 N–H and O–H groups in total. The molecule has 0 bridgehead atoms. The first-order valence-corrected chi connectivity index (χ1v) is 9.52. The summed E-state index contributed by atoms with van der Waals surface area (Å²) in [6.45, 7) is 0.217. The Balaban J connectivity index is 1.47. The molecule has 0 spiro atoms. The summed E-state index contributed by atoms with van der Waals surface area (Å²) in [5.41, 5.74) is 2.52. The van der Waals surface area contributed by atoms with Crippen LogP contribution in [0.3, 0.4) is 0 Å². The van der Waals surface area contributed by atoms with Gasteiger partial charge in [0.2, 0.25) is 0 Å². The third-order valence-corrected chi connectivity index (χ3v) is 4.93. The first kappa shape index (κ1) is 18.2. The average molecular weight is 375 g/mol. The van der Waals surface area contributed by atoms with Crippen molar-refractivity contribution in [3.05, 3.63) is 90.2 Å². The fraction of sp³-hybridized carbons (Fsp3) is 0.208. The molecular weight excluding hydrogens is 353 g/mol. The molecule has 1 saturated carbocycles. The predicted octanol–water partition coefficient (Wildman–Crippen LogP) is 5.06. The lowest BCUT2D eigenvalue weighted by Crippen LogP contribution is -2.36. The molecule has 1 fully saturated rings. The van der Waals surface area contributed by atoms with Crippen LogP contribution >= 0.6 is 0 Å². The highest BCUT2D eigenvalue weighted by Crippen LogP contribution is 2.31. The maximum Gasteiger partial charge on any atom is 0.261 e. The Kier molecular flexibility index (Phi) is 5.38. The van der Waals surface area contributed by atoms with E-state index in [2.05, 4.69) is 0 Å². The molecule has 1 aliphatic carbocycles. The van der Waals surface area contributed by atoms with E-state index in [0.29, 0.717) is 11.3 Å². The van der Waals surface area contributed by atoms with Gasteiger partial charge in [-0.2, -0.15) is 0 Å². The molecule has 28 heavy (non-hydrogen) atoms. The van der Waals surface area contributed by atoms with Crippen molar-refractivity contribution >= 4 is 5.91 Å². The van der Waals surface area contributed by atoms with E-state index in [-0.39, 0.29) is 30.9 Å². The number of carbonyl (C=O) groups is 1. The minimum absolute atomic E-state index is 0.0607. The number of nitrogens with zero attached hydrogens (tertiary/aromatic N) is 1. The number of carbonyl (C=O) groups excluding carboxylic acids is 1. The zero-order valence-electron chi connectivity index (χ0n) is 15.6. The third kappa shape index (κ3) is 4.22. The molecule has 3 nitrogen and oxygen atoms in total. The summed E-state index contributed by atoms with van der Waals surface area (Å²) in [5.74, 6) is 0.272. The van der Waals surface area contributed by atoms with Gasteiger partial charge in [-0.15, -0.1) is 0 Å². The van der Waals surface area contributed by atoms with Crippen LogP contribution < -0.4 is 4.74 Å². The molecule has 0 unspecified atom stereocenters. The monoisotopic (exact) mass is 375 g/mol. The van der Waals surface area contributed by atoms with Crippen molar-refractivity contribution in [3.8, 4) is 16.9 Å². The van der Waals surface area contributed by atoms with Gasteiger partial charge in [-0.25, -0.2) is 4.39 Å². The molecule has 0 aromatic heterocycles. The molecule has 0 saturated heterocycles. The van der Waals surface area contributed by atoms with Crippen LogP contribution in [-0.4, -0.2) is 23.5 Å². The summed E-state index contributed by atoms with van der Waals surface area (Å²) in [7, 11) is 0. The summed E-state index contributed by atoms with van der Waals surface area (Å²) < 4.78 is 19.9. The molecule has 1 amide bonds. The normalized spacial score (nSPS) is 13.2. The molecule has 4 heteroatoms. The highest BCUT2D eigenvalue weighted by atomic mass is 19.1. The predicted molar refractivity (Wildman–Crippen MR) is 107 cm³/mol. The fourth-order valence-corrected chi connectivity index (χ4v) is 3.29. The Hall–Kier alpha value is -3.14. The third-order valence-electron chi connectivity index (χ3n) is 4.93. The van der Waals surface area contributed by atoms with Gasteiger partial charge in [-0.05, 0) is 30.5 Å². The molecular formula is C24H22FNO2. The number of benzene rings is 3. The lowest BCUT2D eigenvalue weighted by atomic mass is 10.1. The Labute approximate surface area is 164 Å². The van der Waals surface area contributed by atoms with Crippen molar-refractivity contribution in [1.29, 1.82) is 0 Å². The van der Waals surface area contributed by atoms with E-state index in [1.807, 2.05) is 54.6 Å². The molecule has 3 aromatic carbocycles. The van der Waals surface area contributed by atoms with Crippen LogP contribution in [0.15, 0.2) is 78.9 Å². The SMILES string of the molecule is O=C(COc1ccccc1-c1ccccc1)N(Cc1ccccc1F)C1CC1. The number of amides is 1. The van der Waals surface area contributed by atoms with Crippen LogP contribution in [0.4, 0.5) is 4.39 Å². The van der Waals surface area contributed by atoms with Gasteiger partial charge < -0.3 is 9.64 Å². The van der Waals surface area contributed by atoms with Gasteiger partial charge in [0.25, 0.3) is 5.91 Å². The maximum atomic E-state index is 14.0. The van der Waals surface area contributed by atoms with Crippen LogP contribution in [0.5, 0.6) is 5.75 Å². The van der Waals surface area contributed by atoms with Crippen LogP contribution in [0.1, 0.15) is 18.4 Å². The molecule has 4 rings (SSSR count). The van der Waals surface area contributed by atoms with Crippen LogP contribution in [0.2, 0.25) is 0 Å². The van der Waals surface area contributed by atoms with Crippen LogP contribution in [-0.2, 0) is 11.3 Å². The average Bonchev–Trinajstić information content (AvgIpc) is 3.57. The van der Waals surface area contributed by atoms with Crippen LogP contribution in [0.25, 0.3) is 11.1 Å². The first-order chi connectivity index (χ1) is 13.7. The van der Waals surface area contributed by atoms with E-state index in [1.54, 1.807) is 23.1 Å². The zero-order chi connectivity index (χ0) is 19.3. The van der Waals surface area contributed by atoms with Gasteiger partial charge in [-0.1, -0.05) is 66.7 Å². The quantitative estimate of drug-likeness (QED) is 0.577. The number of para-hydroxylation sites is 1. The van der Waals surface area contributed by atoms with E-state index in [0.717, 1.165) is 24.0 Å². The Bertz CT molecular complexity index is 954. The van der Waals surface area contributed by atoms with Gasteiger partial charge in [0, 0.05) is 23.7 Å². The standard InChI is InChI=1S/C24H22FNO2/c25-22-12-6-4-10-19(22)16-26(20-14-15-20)24(27)17-28-23-13-7-5-11-21(23)18-8-2-1-3-9-18/h1-13,20H,14-17H2. The van der Waals surface area contributed by atoms with E-state index < -0.39 is 0 Å². The van der Waals surface area contributed by atoms with E-state index in [9.17, 15) is 9.18 Å². The molecule has 0 aliphatic heterocycles. The second-order valence-corrected chi connectivity index (χ2v) is 7.00. The minimum Gasteiger partial charge on any atom is -0.483 e. The van der Waals surface area contributed by atoms with E-state index in [4.69, 9.17) is 4.74 Å². The maximum absolute atomic E-state index is 14.0. The molecule has 0 heterocycles. The molecule has 3 aromatic rings. The van der Waals surface area contributed by atoms with Gasteiger partial charge in [0.05, 0.1) is 0 Å². The molecule has 1 aliphatic rings. The van der Waals surface area contributed by atoms with Crippen molar-refractivity contribution in [2.75, 3.05) is 6.61 Å². The van der Waals surface area contributed by atoms with Gasteiger partial charge in [0.1, 0.15) is 11.6 Å². The zero-order valence-corrected chi connectivity index (χ0v) is 15.6. The number of hydrogen-bond donors (Lipinski definition) is 0.